The quantitative estimate of drug-likeness (QED) is 0.916. The van der Waals surface area contributed by atoms with Crippen LogP contribution in [-0.4, -0.2) is 18.7 Å². The maximum absolute atomic E-state index is 12.1. The van der Waals surface area contributed by atoms with Gasteiger partial charge in [0.15, 0.2) is 11.5 Å². The van der Waals surface area contributed by atoms with Crippen LogP contribution in [0.5, 0.6) is 11.5 Å². The fourth-order valence-electron chi connectivity index (χ4n) is 2.10. The second-order valence-electron chi connectivity index (χ2n) is 4.79. The first-order chi connectivity index (χ1) is 8.65. The van der Waals surface area contributed by atoms with E-state index >= 15 is 0 Å². The number of nitrogens with one attached hydrogen (secondary N) is 1. The van der Waals surface area contributed by atoms with Crippen molar-refractivity contribution in [2.45, 2.75) is 25.8 Å². The van der Waals surface area contributed by atoms with Gasteiger partial charge in [-0.05, 0) is 37.8 Å². The molecule has 1 heterocycles. The summed E-state index contributed by atoms with van der Waals surface area (Å²) in [7, 11) is 0. The molecule has 18 heavy (non-hydrogen) atoms. The van der Waals surface area contributed by atoms with Crippen LogP contribution in [0.1, 0.15) is 30.1 Å². The summed E-state index contributed by atoms with van der Waals surface area (Å²) in [5.41, 5.74) is 0.511. The van der Waals surface area contributed by atoms with Crippen LogP contribution in [0.2, 0.25) is 5.02 Å². The van der Waals surface area contributed by atoms with E-state index in [0.717, 1.165) is 0 Å². The van der Waals surface area contributed by atoms with E-state index in [1.165, 1.54) is 12.8 Å². The predicted molar refractivity (Wildman–Crippen MR) is 67.2 cm³/mol. The lowest BCUT2D eigenvalue weighted by Crippen LogP contribution is -2.33. The van der Waals surface area contributed by atoms with Crippen molar-refractivity contribution in [3.8, 4) is 11.5 Å². The van der Waals surface area contributed by atoms with Gasteiger partial charge >= 0.3 is 0 Å². The van der Waals surface area contributed by atoms with Gasteiger partial charge in [0.2, 0.25) is 6.79 Å². The van der Waals surface area contributed by atoms with Gasteiger partial charge in [-0.15, -0.1) is 0 Å². The van der Waals surface area contributed by atoms with Crippen LogP contribution < -0.4 is 14.8 Å². The Balaban J connectivity index is 1.79. The van der Waals surface area contributed by atoms with E-state index in [2.05, 4.69) is 5.32 Å². The molecule has 0 saturated heterocycles. The van der Waals surface area contributed by atoms with Crippen molar-refractivity contribution in [1.29, 1.82) is 0 Å². The topological polar surface area (TPSA) is 47.6 Å². The van der Waals surface area contributed by atoms with E-state index in [9.17, 15) is 4.79 Å². The Labute approximate surface area is 110 Å². The molecular formula is C13H14ClNO3. The Morgan fingerprint density at radius 3 is 2.94 bits per heavy atom. The second-order valence-corrected chi connectivity index (χ2v) is 5.20. The molecule has 96 valence electrons. The van der Waals surface area contributed by atoms with Crippen LogP contribution in [0.3, 0.4) is 0 Å². The van der Waals surface area contributed by atoms with Crippen molar-refractivity contribution in [2.24, 2.45) is 5.92 Å². The monoisotopic (exact) mass is 267 g/mol. The third-order valence-electron chi connectivity index (χ3n) is 3.38. The molecule has 0 unspecified atom stereocenters. The number of ether oxygens (including phenoxy) is 2. The predicted octanol–water partition coefficient (Wildman–Crippen LogP) is 2.60. The van der Waals surface area contributed by atoms with Crippen molar-refractivity contribution >= 4 is 17.5 Å². The zero-order chi connectivity index (χ0) is 12.7. The van der Waals surface area contributed by atoms with Crippen LogP contribution in [0.15, 0.2) is 12.1 Å². The number of hydrogen-bond donors (Lipinski definition) is 1. The molecule has 1 amide bonds. The Morgan fingerprint density at radius 2 is 2.22 bits per heavy atom. The first-order valence-electron chi connectivity index (χ1n) is 6.05. The van der Waals surface area contributed by atoms with Gasteiger partial charge in [0, 0.05) is 11.6 Å². The Morgan fingerprint density at radius 1 is 1.44 bits per heavy atom. The summed E-state index contributed by atoms with van der Waals surface area (Å²) in [6.07, 6.45) is 2.40. The van der Waals surface area contributed by atoms with Crippen molar-refractivity contribution in [2.75, 3.05) is 6.79 Å². The summed E-state index contributed by atoms with van der Waals surface area (Å²) in [6.45, 7) is 2.18. The number of rotatable bonds is 3. The molecule has 3 rings (SSSR count). The van der Waals surface area contributed by atoms with Crippen molar-refractivity contribution < 1.29 is 14.3 Å². The first-order valence-corrected chi connectivity index (χ1v) is 6.43. The van der Waals surface area contributed by atoms with Crippen LogP contribution in [-0.2, 0) is 0 Å². The molecular weight excluding hydrogens is 254 g/mol. The lowest BCUT2D eigenvalue weighted by atomic mass is 10.1. The van der Waals surface area contributed by atoms with E-state index < -0.39 is 0 Å². The molecule has 1 atom stereocenters. The number of carbonyl (C=O) groups excluding carboxylic acids is 1. The zero-order valence-electron chi connectivity index (χ0n) is 10.0. The minimum absolute atomic E-state index is 0.116. The van der Waals surface area contributed by atoms with E-state index in [4.69, 9.17) is 21.1 Å². The molecule has 0 spiro atoms. The highest BCUT2D eigenvalue weighted by Crippen LogP contribution is 2.40. The third-order valence-corrected chi connectivity index (χ3v) is 3.66. The highest BCUT2D eigenvalue weighted by Gasteiger charge is 2.29. The number of hydrogen-bond acceptors (Lipinski definition) is 3. The van der Waals surface area contributed by atoms with Crippen LogP contribution in [0.25, 0.3) is 0 Å². The Hall–Kier alpha value is -1.42. The minimum atomic E-state index is -0.116. The average Bonchev–Trinajstić information content (AvgIpc) is 3.08. The molecule has 1 aromatic rings. The first kappa shape index (κ1) is 11.7. The SMILES string of the molecule is C[C@@H](NC(=O)c1cc(Cl)c2c(c1)OCO2)C1CC1. The van der Waals surface area contributed by atoms with E-state index in [1.54, 1.807) is 12.1 Å². The second kappa shape index (κ2) is 4.35. The normalized spacial score (nSPS) is 18.6. The largest absolute Gasteiger partial charge is 0.454 e. The van der Waals surface area contributed by atoms with Crippen molar-refractivity contribution in [3.63, 3.8) is 0 Å². The molecule has 1 aromatic carbocycles. The summed E-state index contributed by atoms with van der Waals surface area (Å²) in [5, 5.41) is 3.39. The summed E-state index contributed by atoms with van der Waals surface area (Å²) < 4.78 is 10.5. The minimum Gasteiger partial charge on any atom is -0.454 e. The van der Waals surface area contributed by atoms with Crippen molar-refractivity contribution in [3.05, 3.63) is 22.7 Å². The van der Waals surface area contributed by atoms with Crippen LogP contribution >= 0.6 is 11.6 Å². The molecule has 0 radical (unpaired) electrons. The summed E-state index contributed by atoms with van der Waals surface area (Å²) >= 11 is 6.05. The summed E-state index contributed by atoms with van der Waals surface area (Å²) in [5.74, 6) is 1.56. The molecule has 1 N–H and O–H groups in total. The van der Waals surface area contributed by atoms with Gasteiger partial charge in [-0.2, -0.15) is 0 Å². The number of amides is 1. The molecule has 1 aliphatic carbocycles. The Kier molecular flexibility index (Phi) is 2.82. The lowest BCUT2D eigenvalue weighted by Gasteiger charge is -2.13. The fraction of sp³-hybridized carbons (Fsp3) is 0.462. The van der Waals surface area contributed by atoms with Gasteiger partial charge in [0.1, 0.15) is 0 Å². The van der Waals surface area contributed by atoms with E-state index in [0.29, 0.717) is 28.0 Å². The van der Waals surface area contributed by atoms with Gasteiger partial charge in [0.25, 0.3) is 5.91 Å². The molecule has 5 heteroatoms. The molecule has 2 aliphatic rings. The summed E-state index contributed by atoms with van der Waals surface area (Å²) in [4.78, 5) is 12.1. The maximum Gasteiger partial charge on any atom is 0.251 e. The van der Waals surface area contributed by atoms with Gasteiger partial charge in [-0.3, -0.25) is 4.79 Å². The number of halogens is 1. The average molecular weight is 268 g/mol. The molecule has 1 aliphatic heterocycles. The van der Waals surface area contributed by atoms with Crippen LogP contribution in [0, 0.1) is 5.92 Å². The Bertz CT molecular complexity index is 499. The van der Waals surface area contributed by atoms with E-state index in [-0.39, 0.29) is 18.7 Å². The molecule has 0 aromatic heterocycles. The lowest BCUT2D eigenvalue weighted by molar-refractivity contribution is 0.0935. The number of fused-ring (bicyclic) bond motifs is 1. The number of carbonyl (C=O) groups is 1. The third kappa shape index (κ3) is 2.12. The van der Waals surface area contributed by atoms with Gasteiger partial charge in [-0.1, -0.05) is 11.6 Å². The summed E-state index contributed by atoms with van der Waals surface area (Å²) in [6, 6.07) is 3.49. The zero-order valence-corrected chi connectivity index (χ0v) is 10.8. The van der Waals surface area contributed by atoms with Gasteiger partial charge in [0.05, 0.1) is 5.02 Å². The smallest absolute Gasteiger partial charge is 0.251 e. The highest BCUT2D eigenvalue weighted by atomic mass is 35.5. The van der Waals surface area contributed by atoms with Gasteiger partial charge < -0.3 is 14.8 Å². The van der Waals surface area contributed by atoms with Gasteiger partial charge in [-0.25, -0.2) is 0 Å². The molecule has 1 saturated carbocycles. The van der Waals surface area contributed by atoms with E-state index in [1.807, 2.05) is 6.92 Å². The molecule has 4 nitrogen and oxygen atoms in total. The van der Waals surface area contributed by atoms with Crippen LogP contribution in [0.4, 0.5) is 0 Å². The highest BCUT2D eigenvalue weighted by molar-refractivity contribution is 6.32. The number of benzene rings is 1. The van der Waals surface area contributed by atoms with Crippen molar-refractivity contribution in [1.82, 2.24) is 5.32 Å². The standard InChI is InChI=1S/C13H14ClNO3/c1-7(8-2-3-8)15-13(16)9-4-10(14)12-11(5-9)17-6-18-12/h4-5,7-8H,2-3,6H2,1H3,(H,15,16)/t7-/m1/s1. The fourth-order valence-corrected chi connectivity index (χ4v) is 2.37. The maximum atomic E-state index is 12.1. The molecule has 1 fully saturated rings. The molecule has 0 bridgehead atoms.